The van der Waals surface area contributed by atoms with E-state index in [0.717, 1.165) is 31.5 Å². The van der Waals surface area contributed by atoms with Gasteiger partial charge in [0.05, 0.1) is 0 Å². The fourth-order valence-electron chi connectivity index (χ4n) is 3.98. The molecule has 4 rings (SSSR count). The van der Waals surface area contributed by atoms with E-state index >= 15 is 0 Å². The van der Waals surface area contributed by atoms with Gasteiger partial charge in [-0.15, -0.1) is 0 Å². The lowest BCUT2D eigenvalue weighted by atomic mass is 10.0. The molecule has 0 atom stereocenters. The maximum Gasteiger partial charge on any atom is 0.253 e. The molecule has 1 aliphatic carbocycles. The van der Waals surface area contributed by atoms with Crippen LogP contribution in [0.4, 0.5) is 10.1 Å². The minimum absolute atomic E-state index is 0.00876. The Labute approximate surface area is 165 Å². The number of halogens is 1. The second-order valence-corrected chi connectivity index (χ2v) is 8.00. The van der Waals surface area contributed by atoms with Crippen LogP contribution in [0.25, 0.3) is 0 Å². The third-order valence-electron chi connectivity index (χ3n) is 5.63. The zero-order valence-electron chi connectivity index (χ0n) is 15.3. The summed E-state index contributed by atoms with van der Waals surface area (Å²) in [5, 5.41) is 0. The molecule has 6 nitrogen and oxygen atoms in total. The van der Waals surface area contributed by atoms with E-state index in [0.29, 0.717) is 24.3 Å². The first kappa shape index (κ1) is 18.9. The Bertz CT molecular complexity index is 924. The number of hydrogen-bond donors (Lipinski definition) is 2. The largest absolute Gasteiger partial charge is 0.336 e. The summed E-state index contributed by atoms with van der Waals surface area (Å²) in [6.45, 7) is 2.82. The minimum Gasteiger partial charge on any atom is -0.336 e. The summed E-state index contributed by atoms with van der Waals surface area (Å²) >= 11 is 0. The average molecular weight is 403 g/mol. The van der Waals surface area contributed by atoms with E-state index in [2.05, 4.69) is 9.62 Å². The van der Waals surface area contributed by atoms with Crippen molar-refractivity contribution in [3.05, 3.63) is 65.5 Å². The molecule has 1 aliphatic heterocycles. The summed E-state index contributed by atoms with van der Waals surface area (Å²) < 4.78 is 36.9. The summed E-state index contributed by atoms with van der Waals surface area (Å²) in [4.78, 5) is 17.0. The van der Waals surface area contributed by atoms with Crippen LogP contribution in [0.2, 0.25) is 0 Å². The van der Waals surface area contributed by atoms with Crippen molar-refractivity contribution < 1.29 is 17.6 Å². The van der Waals surface area contributed by atoms with Gasteiger partial charge in [0.2, 0.25) is 10.9 Å². The Morgan fingerprint density at radius 3 is 2.07 bits per heavy atom. The molecule has 2 aromatic rings. The number of rotatable bonds is 5. The number of carbonyl (C=O) groups excluding carboxylic acids is 1. The fourth-order valence-corrected chi connectivity index (χ4v) is 4.34. The maximum absolute atomic E-state index is 13.2. The third-order valence-corrected chi connectivity index (χ3v) is 6.07. The van der Waals surface area contributed by atoms with Crippen LogP contribution in [-0.4, -0.2) is 50.3 Å². The van der Waals surface area contributed by atoms with Crippen molar-refractivity contribution in [1.82, 2.24) is 9.80 Å². The van der Waals surface area contributed by atoms with Gasteiger partial charge in [-0.3, -0.25) is 14.4 Å². The summed E-state index contributed by atoms with van der Waals surface area (Å²) in [7, 11) is -2.72. The molecule has 28 heavy (non-hydrogen) atoms. The second-order valence-electron chi connectivity index (χ2n) is 7.26. The summed E-state index contributed by atoms with van der Waals surface area (Å²) in [6, 6.07) is 13.2. The summed E-state index contributed by atoms with van der Waals surface area (Å²) in [5.74, 6) is -0.275. The number of nitrogens with zero attached hydrogens (tertiary/aromatic N) is 2. The monoisotopic (exact) mass is 403 g/mol. The first-order valence-corrected chi connectivity index (χ1v) is 10.5. The molecule has 1 amide bonds. The molecule has 0 aromatic heterocycles. The summed E-state index contributed by atoms with van der Waals surface area (Å²) in [6.07, 6.45) is 2.12. The molecular weight excluding hydrogens is 381 g/mol. The zero-order chi connectivity index (χ0) is 19.7. The van der Waals surface area contributed by atoms with E-state index in [1.54, 1.807) is 24.3 Å². The number of anilines is 1. The van der Waals surface area contributed by atoms with Gasteiger partial charge in [-0.05, 0) is 54.8 Å². The highest BCUT2D eigenvalue weighted by molar-refractivity contribution is 7.73. The van der Waals surface area contributed by atoms with E-state index in [-0.39, 0.29) is 17.3 Å². The van der Waals surface area contributed by atoms with Crippen LogP contribution in [0.1, 0.15) is 28.8 Å². The van der Waals surface area contributed by atoms with Crippen LogP contribution in [0, 0.1) is 5.82 Å². The lowest BCUT2D eigenvalue weighted by Gasteiger charge is -2.40. The van der Waals surface area contributed by atoms with Gasteiger partial charge in [0.25, 0.3) is 5.91 Å². The second kappa shape index (κ2) is 7.52. The number of nitrogens with one attached hydrogen (secondary N) is 1. The SMILES string of the molecule is O=C(c1ccc(N[SH](=O)=O)cc1)N1CCN(C2(c3ccc(F)cc3)CC2)CC1. The molecule has 2 aromatic carbocycles. The maximum atomic E-state index is 13.2. The van der Waals surface area contributed by atoms with E-state index in [1.807, 2.05) is 17.0 Å². The molecule has 148 valence electrons. The van der Waals surface area contributed by atoms with E-state index in [9.17, 15) is 17.6 Å². The first-order chi connectivity index (χ1) is 13.5. The smallest absolute Gasteiger partial charge is 0.253 e. The van der Waals surface area contributed by atoms with Gasteiger partial charge in [-0.1, -0.05) is 12.1 Å². The van der Waals surface area contributed by atoms with Crippen molar-refractivity contribution in [3.8, 4) is 0 Å². The fraction of sp³-hybridized carbons (Fsp3) is 0.350. The number of carbonyl (C=O) groups is 1. The Balaban J connectivity index is 1.38. The predicted molar refractivity (Wildman–Crippen MR) is 105 cm³/mol. The van der Waals surface area contributed by atoms with E-state index in [1.165, 1.54) is 12.1 Å². The molecule has 0 unspecified atom stereocenters. The Hall–Kier alpha value is -2.45. The van der Waals surface area contributed by atoms with Gasteiger partial charge in [0.1, 0.15) is 5.82 Å². The van der Waals surface area contributed by atoms with Crippen LogP contribution in [0.15, 0.2) is 48.5 Å². The minimum atomic E-state index is -2.72. The Morgan fingerprint density at radius 2 is 1.54 bits per heavy atom. The molecule has 2 aliphatic rings. The average Bonchev–Trinajstić information content (AvgIpc) is 3.50. The normalized spacial score (nSPS) is 18.9. The van der Waals surface area contributed by atoms with Gasteiger partial charge < -0.3 is 4.90 Å². The zero-order valence-corrected chi connectivity index (χ0v) is 16.2. The van der Waals surface area contributed by atoms with Crippen molar-refractivity contribution in [3.63, 3.8) is 0 Å². The first-order valence-electron chi connectivity index (χ1n) is 9.29. The van der Waals surface area contributed by atoms with Crippen LogP contribution in [0.5, 0.6) is 0 Å². The molecule has 1 saturated carbocycles. The Morgan fingerprint density at radius 1 is 0.929 bits per heavy atom. The highest BCUT2D eigenvalue weighted by Gasteiger charge is 2.50. The van der Waals surface area contributed by atoms with Gasteiger partial charge >= 0.3 is 0 Å². The highest BCUT2D eigenvalue weighted by atomic mass is 32.2. The molecule has 0 spiro atoms. The topological polar surface area (TPSA) is 69.7 Å². The lowest BCUT2D eigenvalue weighted by Crippen LogP contribution is -2.52. The van der Waals surface area contributed by atoms with Crippen LogP contribution >= 0.6 is 0 Å². The molecule has 0 bridgehead atoms. The number of piperazine rings is 1. The number of benzene rings is 2. The molecule has 1 heterocycles. The van der Waals surface area contributed by atoms with Gasteiger partial charge in [0, 0.05) is 43.0 Å². The van der Waals surface area contributed by atoms with Gasteiger partial charge in [0.15, 0.2) is 0 Å². The molecule has 8 heteroatoms. The molecule has 1 saturated heterocycles. The quantitative estimate of drug-likeness (QED) is 0.751. The molecule has 2 fully saturated rings. The number of hydrogen-bond acceptors (Lipinski definition) is 4. The van der Waals surface area contributed by atoms with E-state index in [4.69, 9.17) is 0 Å². The van der Waals surface area contributed by atoms with Gasteiger partial charge in [-0.2, -0.15) is 0 Å². The van der Waals surface area contributed by atoms with Gasteiger partial charge in [-0.25, -0.2) is 12.8 Å². The number of amides is 1. The molecule has 0 radical (unpaired) electrons. The Kier molecular flexibility index (Phi) is 5.07. The molecule has 1 N–H and O–H groups in total. The highest BCUT2D eigenvalue weighted by Crippen LogP contribution is 2.51. The van der Waals surface area contributed by atoms with Crippen LogP contribution in [0.3, 0.4) is 0 Å². The van der Waals surface area contributed by atoms with Crippen molar-refractivity contribution in [2.24, 2.45) is 0 Å². The predicted octanol–water partition coefficient (Wildman–Crippen LogP) is 2.21. The standard InChI is InChI=1S/C20H22FN3O3S/c21-17-5-3-16(4-6-17)20(9-10-20)24-13-11-23(12-14-24)19(25)15-1-7-18(8-2-15)22-28(26)27/h1-8,28H,9-14H2,(H,22,26,27). The lowest BCUT2D eigenvalue weighted by molar-refractivity contribution is 0.0531. The van der Waals surface area contributed by atoms with Crippen molar-refractivity contribution in [1.29, 1.82) is 0 Å². The van der Waals surface area contributed by atoms with E-state index < -0.39 is 10.9 Å². The number of thiol groups is 1. The van der Waals surface area contributed by atoms with Crippen LogP contribution in [-0.2, 0) is 16.4 Å². The van der Waals surface area contributed by atoms with Crippen molar-refractivity contribution in [2.45, 2.75) is 18.4 Å². The van der Waals surface area contributed by atoms with Crippen molar-refractivity contribution in [2.75, 3.05) is 30.9 Å². The third kappa shape index (κ3) is 3.74. The molecular formula is C20H22FN3O3S. The van der Waals surface area contributed by atoms with Crippen molar-refractivity contribution >= 4 is 22.5 Å². The summed E-state index contributed by atoms with van der Waals surface area (Å²) in [5.41, 5.74) is 2.12. The van der Waals surface area contributed by atoms with Crippen LogP contribution < -0.4 is 4.72 Å².